The lowest BCUT2D eigenvalue weighted by atomic mass is 9.92. The molecule has 1 amide bonds. The van der Waals surface area contributed by atoms with Gasteiger partial charge < -0.3 is 14.8 Å². The second-order valence-electron chi connectivity index (χ2n) is 6.92. The molecule has 1 aliphatic rings. The Hall–Kier alpha value is -3.15. The van der Waals surface area contributed by atoms with Crippen molar-refractivity contribution >= 4 is 23.3 Å². The predicted molar refractivity (Wildman–Crippen MR) is 100 cm³/mol. The van der Waals surface area contributed by atoms with Crippen molar-refractivity contribution in [1.82, 2.24) is 0 Å². The van der Waals surface area contributed by atoms with Gasteiger partial charge in [-0.1, -0.05) is 0 Å². The Kier molecular flexibility index (Phi) is 4.99. The van der Waals surface area contributed by atoms with E-state index in [1.807, 2.05) is 13.8 Å². The summed E-state index contributed by atoms with van der Waals surface area (Å²) < 4.78 is 10.7. The molecule has 0 bridgehead atoms. The molecule has 0 unspecified atom stereocenters. The molecule has 0 radical (unpaired) electrons. The number of Topliss-reactive ketones (excluding diaryl/α,β-unsaturated/α-hetero) is 1. The predicted octanol–water partition coefficient (Wildman–Crippen LogP) is 3.86. The van der Waals surface area contributed by atoms with Crippen LogP contribution in [0.5, 0.6) is 5.75 Å². The van der Waals surface area contributed by atoms with Gasteiger partial charge in [0.15, 0.2) is 5.78 Å². The van der Waals surface area contributed by atoms with E-state index >= 15 is 0 Å². The second kappa shape index (κ2) is 7.23. The molecule has 0 aliphatic carbocycles. The molecule has 1 heterocycles. The Morgan fingerprint density at radius 1 is 1.11 bits per heavy atom. The van der Waals surface area contributed by atoms with Crippen molar-refractivity contribution in [2.24, 2.45) is 0 Å². The number of hydrogen-bond donors (Lipinski definition) is 1. The molecule has 6 heteroatoms. The highest BCUT2D eigenvalue weighted by molar-refractivity contribution is 6.08. The van der Waals surface area contributed by atoms with Gasteiger partial charge in [0.25, 0.3) is 5.91 Å². The first-order valence-corrected chi connectivity index (χ1v) is 8.74. The van der Waals surface area contributed by atoms with Crippen LogP contribution in [0.3, 0.4) is 0 Å². The maximum absolute atomic E-state index is 12.5. The molecule has 0 fully saturated rings. The molecule has 140 valence electrons. The van der Waals surface area contributed by atoms with Crippen molar-refractivity contribution in [3.8, 4) is 5.75 Å². The Labute approximate surface area is 157 Å². The summed E-state index contributed by atoms with van der Waals surface area (Å²) >= 11 is 0. The van der Waals surface area contributed by atoms with E-state index in [2.05, 4.69) is 5.32 Å². The highest BCUT2D eigenvalue weighted by Gasteiger charge is 2.32. The molecule has 0 saturated carbocycles. The van der Waals surface area contributed by atoms with Gasteiger partial charge in [-0.2, -0.15) is 0 Å². The average Bonchev–Trinajstić information content (AvgIpc) is 2.61. The molecule has 1 aliphatic heterocycles. The molecule has 2 aromatic carbocycles. The van der Waals surface area contributed by atoms with E-state index in [-0.39, 0.29) is 18.1 Å². The van der Waals surface area contributed by atoms with Crippen molar-refractivity contribution in [2.45, 2.75) is 32.8 Å². The zero-order chi connectivity index (χ0) is 19.6. The minimum absolute atomic E-state index is 0.0466. The molecule has 0 saturated heterocycles. The Morgan fingerprint density at radius 3 is 2.44 bits per heavy atom. The molecule has 2 aromatic rings. The van der Waals surface area contributed by atoms with Crippen LogP contribution in [0.2, 0.25) is 0 Å². The van der Waals surface area contributed by atoms with Crippen LogP contribution in [-0.2, 0) is 4.74 Å². The third-order valence-corrected chi connectivity index (χ3v) is 4.17. The maximum atomic E-state index is 12.5. The second-order valence-corrected chi connectivity index (χ2v) is 6.92. The molecule has 6 nitrogen and oxygen atoms in total. The van der Waals surface area contributed by atoms with Gasteiger partial charge in [0, 0.05) is 11.3 Å². The van der Waals surface area contributed by atoms with Gasteiger partial charge in [-0.15, -0.1) is 0 Å². The van der Waals surface area contributed by atoms with Crippen molar-refractivity contribution in [3.63, 3.8) is 0 Å². The lowest BCUT2D eigenvalue weighted by Crippen LogP contribution is -2.36. The highest BCUT2D eigenvalue weighted by Crippen LogP contribution is 2.33. The maximum Gasteiger partial charge on any atom is 0.338 e. The molecule has 0 atom stereocenters. The molecule has 1 N–H and O–H groups in total. The van der Waals surface area contributed by atoms with Crippen LogP contribution >= 0.6 is 0 Å². The number of esters is 1. The summed E-state index contributed by atoms with van der Waals surface area (Å²) in [4.78, 5) is 36.5. The standard InChI is InChI=1S/C21H21NO5/c1-4-26-20(25)13-5-8-15(9-6-13)22-19(24)14-7-10-18-16(11-14)17(23)12-21(2,3)27-18/h5-11H,4,12H2,1-3H3,(H,22,24). The molecular weight excluding hydrogens is 346 g/mol. The number of rotatable bonds is 4. The van der Waals surface area contributed by atoms with Crippen LogP contribution in [0.15, 0.2) is 42.5 Å². The quantitative estimate of drug-likeness (QED) is 0.830. The third-order valence-electron chi connectivity index (χ3n) is 4.17. The fourth-order valence-electron chi connectivity index (χ4n) is 2.90. The molecule has 3 rings (SSSR count). The summed E-state index contributed by atoms with van der Waals surface area (Å²) in [5.41, 5.74) is 1.18. The van der Waals surface area contributed by atoms with Crippen LogP contribution < -0.4 is 10.1 Å². The number of ketones is 1. The monoisotopic (exact) mass is 367 g/mol. The lowest BCUT2D eigenvalue weighted by Gasteiger charge is -2.31. The molecule has 0 spiro atoms. The van der Waals surface area contributed by atoms with E-state index in [0.717, 1.165) is 0 Å². The largest absolute Gasteiger partial charge is 0.487 e. The first-order chi connectivity index (χ1) is 12.8. The summed E-state index contributed by atoms with van der Waals surface area (Å²) in [5, 5.41) is 2.75. The van der Waals surface area contributed by atoms with E-state index in [1.54, 1.807) is 49.4 Å². The molecule has 27 heavy (non-hydrogen) atoms. The smallest absolute Gasteiger partial charge is 0.338 e. The number of carbonyl (C=O) groups is 3. The van der Waals surface area contributed by atoms with E-state index in [1.165, 1.54) is 0 Å². The van der Waals surface area contributed by atoms with Crippen LogP contribution in [-0.4, -0.2) is 29.9 Å². The summed E-state index contributed by atoms with van der Waals surface area (Å²) in [7, 11) is 0. The lowest BCUT2D eigenvalue weighted by molar-refractivity contribution is 0.0525. The first kappa shape index (κ1) is 18.6. The zero-order valence-electron chi connectivity index (χ0n) is 15.5. The van der Waals surface area contributed by atoms with Gasteiger partial charge in [-0.3, -0.25) is 9.59 Å². The van der Waals surface area contributed by atoms with Crippen LogP contribution in [0.25, 0.3) is 0 Å². The fraction of sp³-hybridized carbons (Fsp3) is 0.286. The summed E-state index contributed by atoms with van der Waals surface area (Å²) in [6.07, 6.45) is 0.264. The zero-order valence-corrected chi connectivity index (χ0v) is 15.5. The SMILES string of the molecule is CCOC(=O)c1ccc(NC(=O)c2ccc3c(c2)C(=O)CC(C)(C)O3)cc1. The number of benzene rings is 2. The number of amides is 1. The van der Waals surface area contributed by atoms with Crippen LogP contribution in [0, 0.1) is 0 Å². The van der Waals surface area contributed by atoms with Gasteiger partial charge in [0.05, 0.1) is 24.2 Å². The van der Waals surface area contributed by atoms with Gasteiger partial charge in [0.2, 0.25) is 0 Å². The summed E-state index contributed by atoms with van der Waals surface area (Å²) in [6, 6.07) is 11.2. The Balaban J connectivity index is 1.75. The van der Waals surface area contributed by atoms with E-state index in [4.69, 9.17) is 9.47 Å². The van der Waals surface area contributed by atoms with Gasteiger partial charge in [0.1, 0.15) is 11.4 Å². The molecular formula is C21H21NO5. The van der Waals surface area contributed by atoms with Crippen molar-refractivity contribution < 1.29 is 23.9 Å². The van der Waals surface area contributed by atoms with Crippen molar-refractivity contribution in [3.05, 3.63) is 59.2 Å². The summed E-state index contributed by atoms with van der Waals surface area (Å²) in [5.74, 6) is -0.313. The van der Waals surface area contributed by atoms with E-state index in [0.29, 0.717) is 34.7 Å². The van der Waals surface area contributed by atoms with Gasteiger partial charge in [-0.05, 0) is 63.2 Å². The fourth-order valence-corrected chi connectivity index (χ4v) is 2.90. The van der Waals surface area contributed by atoms with Gasteiger partial charge >= 0.3 is 5.97 Å². The van der Waals surface area contributed by atoms with E-state index < -0.39 is 11.6 Å². The normalized spacial score (nSPS) is 14.7. The third kappa shape index (κ3) is 4.16. The first-order valence-electron chi connectivity index (χ1n) is 8.74. The summed E-state index contributed by atoms with van der Waals surface area (Å²) in [6.45, 7) is 5.75. The van der Waals surface area contributed by atoms with E-state index in [9.17, 15) is 14.4 Å². The number of ether oxygens (including phenoxy) is 2. The number of nitrogens with one attached hydrogen (secondary N) is 1. The molecule has 0 aromatic heterocycles. The number of carbonyl (C=O) groups excluding carboxylic acids is 3. The topological polar surface area (TPSA) is 81.7 Å². The van der Waals surface area contributed by atoms with Crippen LogP contribution in [0.4, 0.5) is 5.69 Å². The Bertz CT molecular complexity index is 899. The van der Waals surface area contributed by atoms with Gasteiger partial charge in [-0.25, -0.2) is 4.79 Å². The Morgan fingerprint density at radius 2 is 1.78 bits per heavy atom. The number of hydrogen-bond acceptors (Lipinski definition) is 5. The van der Waals surface area contributed by atoms with Crippen molar-refractivity contribution in [2.75, 3.05) is 11.9 Å². The highest BCUT2D eigenvalue weighted by atomic mass is 16.5. The minimum atomic E-state index is -0.547. The number of anilines is 1. The minimum Gasteiger partial charge on any atom is -0.487 e. The average molecular weight is 367 g/mol. The number of fused-ring (bicyclic) bond motifs is 1. The van der Waals surface area contributed by atoms with Crippen molar-refractivity contribution in [1.29, 1.82) is 0 Å². The van der Waals surface area contributed by atoms with Crippen LogP contribution in [0.1, 0.15) is 58.3 Å².